The van der Waals surface area contributed by atoms with E-state index in [4.69, 9.17) is 0 Å². The summed E-state index contributed by atoms with van der Waals surface area (Å²) in [5.41, 5.74) is 0.724. The molecule has 1 fully saturated rings. The molecule has 1 saturated carbocycles. The van der Waals surface area contributed by atoms with Gasteiger partial charge >= 0.3 is 0 Å². The third kappa shape index (κ3) is 3.82. The standard InChI is InChI=1S/C14H17Br2NO/c15-11-8-6-10(7-9-11)14(18)17-13-5-3-1-2-4-12(13)16/h6-9,12-13H,1-5H2,(H,17,18). The lowest BCUT2D eigenvalue weighted by molar-refractivity contribution is 0.0935. The van der Waals surface area contributed by atoms with Gasteiger partial charge in [0.1, 0.15) is 0 Å². The smallest absolute Gasteiger partial charge is 0.251 e. The minimum atomic E-state index is 0.0267. The number of amides is 1. The van der Waals surface area contributed by atoms with E-state index in [1.54, 1.807) is 0 Å². The van der Waals surface area contributed by atoms with E-state index in [9.17, 15) is 4.79 Å². The van der Waals surface area contributed by atoms with E-state index >= 15 is 0 Å². The van der Waals surface area contributed by atoms with E-state index in [1.807, 2.05) is 24.3 Å². The number of hydrogen-bond acceptors (Lipinski definition) is 1. The maximum Gasteiger partial charge on any atom is 0.251 e. The molecule has 0 spiro atoms. The maximum atomic E-state index is 12.1. The number of nitrogens with one attached hydrogen (secondary N) is 1. The van der Waals surface area contributed by atoms with Crippen molar-refractivity contribution < 1.29 is 4.79 Å². The first-order chi connectivity index (χ1) is 8.66. The van der Waals surface area contributed by atoms with Gasteiger partial charge in [0.25, 0.3) is 5.91 Å². The van der Waals surface area contributed by atoms with Crippen LogP contribution in [0, 0.1) is 0 Å². The first-order valence-electron chi connectivity index (χ1n) is 6.37. The van der Waals surface area contributed by atoms with Crippen LogP contribution in [0.15, 0.2) is 28.7 Å². The van der Waals surface area contributed by atoms with Gasteiger partial charge < -0.3 is 5.32 Å². The van der Waals surface area contributed by atoms with Gasteiger partial charge in [0.15, 0.2) is 0 Å². The monoisotopic (exact) mass is 373 g/mol. The van der Waals surface area contributed by atoms with Crippen molar-refractivity contribution in [1.29, 1.82) is 0 Å². The molecule has 1 aliphatic rings. The summed E-state index contributed by atoms with van der Waals surface area (Å²) in [7, 11) is 0. The van der Waals surface area contributed by atoms with E-state index in [0.717, 1.165) is 22.9 Å². The molecule has 0 heterocycles. The Labute approximate surface area is 125 Å². The quantitative estimate of drug-likeness (QED) is 0.607. The van der Waals surface area contributed by atoms with Gasteiger partial charge in [-0.1, -0.05) is 51.1 Å². The summed E-state index contributed by atoms with van der Waals surface area (Å²) in [6.07, 6.45) is 5.93. The van der Waals surface area contributed by atoms with E-state index in [2.05, 4.69) is 37.2 Å². The zero-order valence-electron chi connectivity index (χ0n) is 10.2. The number of carbonyl (C=O) groups is 1. The topological polar surface area (TPSA) is 29.1 Å². The zero-order valence-corrected chi connectivity index (χ0v) is 13.3. The molecule has 0 bridgehead atoms. The second-order valence-corrected chi connectivity index (χ2v) is 6.83. The molecule has 0 saturated heterocycles. The van der Waals surface area contributed by atoms with Gasteiger partial charge in [-0.3, -0.25) is 4.79 Å². The highest BCUT2D eigenvalue weighted by atomic mass is 79.9. The van der Waals surface area contributed by atoms with Gasteiger partial charge in [0.05, 0.1) is 0 Å². The van der Waals surface area contributed by atoms with Crippen LogP contribution in [0.4, 0.5) is 0 Å². The molecule has 2 atom stereocenters. The van der Waals surface area contributed by atoms with E-state index in [1.165, 1.54) is 19.3 Å². The second kappa shape index (κ2) is 6.71. The summed E-state index contributed by atoms with van der Waals surface area (Å²) in [5.74, 6) is 0.0267. The zero-order chi connectivity index (χ0) is 13.0. The summed E-state index contributed by atoms with van der Waals surface area (Å²) < 4.78 is 0.992. The Balaban J connectivity index is 1.99. The van der Waals surface area contributed by atoms with Crippen LogP contribution in [-0.4, -0.2) is 16.8 Å². The van der Waals surface area contributed by atoms with E-state index < -0.39 is 0 Å². The molecular weight excluding hydrogens is 358 g/mol. The van der Waals surface area contributed by atoms with Gasteiger partial charge in [-0.15, -0.1) is 0 Å². The minimum Gasteiger partial charge on any atom is -0.348 e. The number of hydrogen-bond donors (Lipinski definition) is 1. The van der Waals surface area contributed by atoms with Crippen molar-refractivity contribution in [3.8, 4) is 0 Å². The number of alkyl halides is 1. The molecule has 1 aromatic rings. The average molecular weight is 375 g/mol. The molecular formula is C14H17Br2NO. The van der Waals surface area contributed by atoms with E-state index in [-0.39, 0.29) is 11.9 Å². The Bertz CT molecular complexity index is 405. The fourth-order valence-electron chi connectivity index (χ4n) is 2.28. The van der Waals surface area contributed by atoms with Crippen LogP contribution in [0.3, 0.4) is 0 Å². The van der Waals surface area contributed by atoms with Gasteiger partial charge in [0.2, 0.25) is 0 Å². The van der Waals surface area contributed by atoms with Crippen molar-refractivity contribution in [1.82, 2.24) is 5.32 Å². The van der Waals surface area contributed by atoms with Crippen molar-refractivity contribution in [3.05, 3.63) is 34.3 Å². The lowest BCUT2D eigenvalue weighted by atomic mass is 10.1. The molecule has 2 nitrogen and oxygen atoms in total. The largest absolute Gasteiger partial charge is 0.348 e. The highest BCUT2D eigenvalue weighted by Gasteiger charge is 2.23. The summed E-state index contributed by atoms with van der Waals surface area (Å²) >= 11 is 7.07. The predicted octanol–water partition coefficient (Wildman–Crippen LogP) is 4.28. The molecule has 1 amide bonds. The SMILES string of the molecule is O=C(NC1CCCCCC1Br)c1ccc(Br)cc1. The van der Waals surface area contributed by atoms with Crippen LogP contribution in [0.5, 0.6) is 0 Å². The summed E-state index contributed by atoms with van der Waals surface area (Å²) in [4.78, 5) is 12.5. The lowest BCUT2D eigenvalue weighted by Crippen LogP contribution is -2.40. The van der Waals surface area contributed by atoms with Gasteiger partial charge in [0, 0.05) is 20.9 Å². The molecule has 98 valence electrons. The molecule has 18 heavy (non-hydrogen) atoms. The number of halogens is 2. The van der Waals surface area contributed by atoms with Gasteiger partial charge in [-0.2, -0.15) is 0 Å². The highest BCUT2D eigenvalue weighted by Crippen LogP contribution is 2.24. The van der Waals surface area contributed by atoms with Crippen molar-refractivity contribution >= 4 is 37.8 Å². The third-order valence-corrected chi connectivity index (χ3v) is 4.98. The van der Waals surface area contributed by atoms with Crippen molar-refractivity contribution in [3.63, 3.8) is 0 Å². The van der Waals surface area contributed by atoms with Crippen molar-refractivity contribution in [2.24, 2.45) is 0 Å². The Hall–Kier alpha value is -0.350. The van der Waals surface area contributed by atoms with Gasteiger partial charge in [-0.05, 0) is 37.1 Å². The molecule has 2 rings (SSSR count). The minimum absolute atomic E-state index is 0.0267. The Kier molecular flexibility index (Phi) is 5.25. The summed E-state index contributed by atoms with van der Waals surface area (Å²) in [6, 6.07) is 7.74. The Morgan fingerprint density at radius 3 is 2.50 bits per heavy atom. The van der Waals surface area contributed by atoms with Crippen LogP contribution >= 0.6 is 31.9 Å². The molecule has 1 N–H and O–H groups in total. The first-order valence-corrected chi connectivity index (χ1v) is 8.08. The second-order valence-electron chi connectivity index (χ2n) is 4.74. The van der Waals surface area contributed by atoms with E-state index in [0.29, 0.717) is 4.83 Å². The summed E-state index contributed by atoms with van der Waals surface area (Å²) in [5, 5.41) is 3.14. The van der Waals surface area contributed by atoms with Crippen molar-refractivity contribution in [2.45, 2.75) is 43.0 Å². The molecule has 0 aromatic heterocycles. The normalized spacial score (nSPS) is 24.3. The Morgan fingerprint density at radius 1 is 1.11 bits per heavy atom. The molecule has 0 radical (unpaired) electrons. The number of carbonyl (C=O) groups excluding carboxylic acids is 1. The van der Waals surface area contributed by atoms with Crippen LogP contribution < -0.4 is 5.32 Å². The average Bonchev–Trinajstić information content (AvgIpc) is 2.56. The predicted molar refractivity (Wildman–Crippen MR) is 81.2 cm³/mol. The maximum absolute atomic E-state index is 12.1. The van der Waals surface area contributed by atoms with Crippen LogP contribution in [-0.2, 0) is 0 Å². The van der Waals surface area contributed by atoms with Gasteiger partial charge in [-0.25, -0.2) is 0 Å². The third-order valence-electron chi connectivity index (χ3n) is 3.35. The number of benzene rings is 1. The molecule has 1 aliphatic carbocycles. The first kappa shape index (κ1) is 14.1. The van der Waals surface area contributed by atoms with Crippen LogP contribution in [0.2, 0.25) is 0 Å². The molecule has 2 unspecified atom stereocenters. The Morgan fingerprint density at radius 2 is 1.78 bits per heavy atom. The lowest BCUT2D eigenvalue weighted by Gasteiger charge is -2.21. The fraction of sp³-hybridized carbons (Fsp3) is 0.500. The number of rotatable bonds is 2. The van der Waals surface area contributed by atoms with Crippen LogP contribution in [0.1, 0.15) is 42.5 Å². The highest BCUT2D eigenvalue weighted by molar-refractivity contribution is 9.10. The summed E-state index contributed by atoms with van der Waals surface area (Å²) in [6.45, 7) is 0. The molecule has 4 heteroatoms. The van der Waals surface area contributed by atoms with Crippen LogP contribution in [0.25, 0.3) is 0 Å². The molecule has 0 aliphatic heterocycles. The van der Waals surface area contributed by atoms with Crippen molar-refractivity contribution in [2.75, 3.05) is 0 Å². The molecule has 1 aromatic carbocycles. The fourth-order valence-corrected chi connectivity index (χ4v) is 3.26.